The van der Waals surface area contributed by atoms with Crippen molar-refractivity contribution in [2.75, 3.05) is 6.54 Å². The molecule has 1 aliphatic rings. The fourth-order valence-corrected chi connectivity index (χ4v) is 3.17. The first kappa shape index (κ1) is 13.1. The Labute approximate surface area is 120 Å². The Hall–Kier alpha value is -0.940. The van der Waals surface area contributed by atoms with Gasteiger partial charge in [-0.1, -0.05) is 13.8 Å². The Morgan fingerprint density at radius 3 is 2.95 bits per heavy atom. The van der Waals surface area contributed by atoms with Crippen LogP contribution in [0.3, 0.4) is 0 Å². The van der Waals surface area contributed by atoms with Gasteiger partial charge in [0.05, 0.1) is 21.5 Å². The molecule has 1 atom stereocenters. The summed E-state index contributed by atoms with van der Waals surface area (Å²) < 4.78 is 14.0. The minimum absolute atomic E-state index is 0.155. The van der Waals surface area contributed by atoms with Crippen LogP contribution in [-0.2, 0) is 0 Å². The number of piperidine rings is 1. The normalized spacial score (nSPS) is 22.8. The number of nitrogens with zero attached hydrogens (tertiary/aromatic N) is 1. The molecule has 3 nitrogen and oxygen atoms in total. The van der Waals surface area contributed by atoms with Crippen molar-refractivity contribution in [3.05, 3.63) is 28.2 Å². The number of imidazole rings is 1. The molecule has 0 bridgehead atoms. The molecule has 5 heteroatoms. The number of hydrogen-bond donors (Lipinski definition) is 2. The smallest absolute Gasteiger partial charge is 0.139 e. The zero-order valence-electron chi connectivity index (χ0n) is 11.1. The van der Waals surface area contributed by atoms with E-state index >= 15 is 0 Å². The monoisotopic (exact) mass is 325 g/mol. The Kier molecular flexibility index (Phi) is 3.14. The van der Waals surface area contributed by atoms with Crippen molar-refractivity contribution in [2.45, 2.75) is 32.7 Å². The summed E-state index contributed by atoms with van der Waals surface area (Å²) in [6.07, 6.45) is 2.35. The second-order valence-corrected chi connectivity index (χ2v) is 6.74. The maximum Gasteiger partial charge on any atom is 0.139 e. The molecule has 2 heterocycles. The SMILES string of the molecule is CC1(C)CCCNC1c1nc2cc(Br)c(F)cc2[nH]1. The zero-order chi connectivity index (χ0) is 13.6. The summed E-state index contributed by atoms with van der Waals surface area (Å²) in [7, 11) is 0. The molecule has 1 aromatic heterocycles. The van der Waals surface area contributed by atoms with Gasteiger partial charge in [0.15, 0.2) is 0 Å². The molecule has 1 aromatic carbocycles. The fraction of sp³-hybridized carbons (Fsp3) is 0.500. The molecule has 0 radical (unpaired) electrons. The van der Waals surface area contributed by atoms with Crippen molar-refractivity contribution < 1.29 is 4.39 Å². The van der Waals surface area contributed by atoms with Gasteiger partial charge in [-0.25, -0.2) is 9.37 Å². The maximum absolute atomic E-state index is 13.5. The molecule has 0 aliphatic carbocycles. The predicted molar refractivity (Wildman–Crippen MR) is 77.5 cm³/mol. The first-order valence-corrected chi connectivity index (χ1v) is 7.35. The van der Waals surface area contributed by atoms with Crippen molar-refractivity contribution in [1.29, 1.82) is 0 Å². The first-order valence-electron chi connectivity index (χ1n) is 6.55. The second kappa shape index (κ2) is 4.56. The van der Waals surface area contributed by atoms with E-state index in [1.807, 2.05) is 0 Å². The molecule has 19 heavy (non-hydrogen) atoms. The van der Waals surface area contributed by atoms with E-state index in [9.17, 15) is 4.39 Å². The number of hydrogen-bond acceptors (Lipinski definition) is 2. The van der Waals surface area contributed by atoms with Crippen molar-refractivity contribution in [2.24, 2.45) is 5.41 Å². The van der Waals surface area contributed by atoms with Crippen LogP contribution in [0, 0.1) is 11.2 Å². The van der Waals surface area contributed by atoms with E-state index in [0.717, 1.165) is 23.4 Å². The highest BCUT2D eigenvalue weighted by atomic mass is 79.9. The van der Waals surface area contributed by atoms with Crippen molar-refractivity contribution in [1.82, 2.24) is 15.3 Å². The summed E-state index contributed by atoms with van der Waals surface area (Å²) in [5.74, 6) is 0.635. The summed E-state index contributed by atoms with van der Waals surface area (Å²) in [5, 5.41) is 3.52. The minimum atomic E-state index is -0.265. The van der Waals surface area contributed by atoms with Gasteiger partial charge < -0.3 is 10.3 Å². The lowest BCUT2D eigenvalue weighted by atomic mass is 9.77. The van der Waals surface area contributed by atoms with Gasteiger partial charge in [-0.2, -0.15) is 0 Å². The lowest BCUT2D eigenvalue weighted by Crippen LogP contribution is -2.40. The zero-order valence-corrected chi connectivity index (χ0v) is 12.6. The van der Waals surface area contributed by atoms with Crippen LogP contribution in [0.4, 0.5) is 4.39 Å². The molecule has 1 fully saturated rings. The number of halogens is 2. The highest BCUT2D eigenvalue weighted by Gasteiger charge is 2.35. The number of rotatable bonds is 1. The molecule has 1 aliphatic heterocycles. The molecule has 0 spiro atoms. The molecule has 0 saturated carbocycles. The standard InChI is InChI=1S/C14H17BrFN3/c1-14(2)4-3-5-17-12(14)13-18-10-6-8(15)9(16)7-11(10)19-13/h6-7,12,17H,3-5H2,1-2H3,(H,18,19). The fourth-order valence-electron chi connectivity index (χ4n) is 2.84. The van der Waals surface area contributed by atoms with Crippen LogP contribution in [0.25, 0.3) is 11.0 Å². The predicted octanol–water partition coefficient (Wildman–Crippen LogP) is 3.92. The van der Waals surface area contributed by atoms with Gasteiger partial charge in [-0.3, -0.25) is 0 Å². The third-order valence-corrected chi connectivity index (χ3v) is 4.55. The Morgan fingerprint density at radius 1 is 1.42 bits per heavy atom. The number of nitrogens with one attached hydrogen (secondary N) is 2. The molecule has 1 saturated heterocycles. The summed E-state index contributed by atoms with van der Waals surface area (Å²) in [6.45, 7) is 5.49. The van der Waals surface area contributed by atoms with Crippen LogP contribution in [0.1, 0.15) is 38.6 Å². The summed E-state index contributed by atoms with van der Waals surface area (Å²) in [4.78, 5) is 7.87. The number of aromatic amines is 1. The number of fused-ring (bicyclic) bond motifs is 1. The quantitative estimate of drug-likeness (QED) is 0.834. The highest BCUT2D eigenvalue weighted by molar-refractivity contribution is 9.10. The molecular weight excluding hydrogens is 309 g/mol. The van der Waals surface area contributed by atoms with Gasteiger partial charge in [0.2, 0.25) is 0 Å². The second-order valence-electron chi connectivity index (χ2n) is 5.88. The van der Waals surface area contributed by atoms with E-state index in [1.165, 1.54) is 18.9 Å². The third kappa shape index (κ3) is 2.30. The number of aromatic nitrogens is 2. The number of benzene rings is 1. The van der Waals surface area contributed by atoms with Gasteiger partial charge in [-0.05, 0) is 46.8 Å². The van der Waals surface area contributed by atoms with Crippen LogP contribution in [0.15, 0.2) is 16.6 Å². The van der Waals surface area contributed by atoms with Crippen LogP contribution in [-0.4, -0.2) is 16.5 Å². The van der Waals surface area contributed by atoms with E-state index < -0.39 is 0 Å². The average molecular weight is 326 g/mol. The Balaban J connectivity index is 2.05. The molecule has 2 aromatic rings. The van der Waals surface area contributed by atoms with Crippen LogP contribution >= 0.6 is 15.9 Å². The maximum atomic E-state index is 13.5. The van der Waals surface area contributed by atoms with E-state index in [-0.39, 0.29) is 17.3 Å². The molecule has 0 amide bonds. The molecule has 3 rings (SSSR count). The Morgan fingerprint density at radius 2 is 2.21 bits per heavy atom. The minimum Gasteiger partial charge on any atom is -0.341 e. The number of H-pyrrole nitrogens is 1. The van der Waals surface area contributed by atoms with Gasteiger partial charge >= 0.3 is 0 Å². The lowest BCUT2D eigenvalue weighted by Gasteiger charge is -2.38. The van der Waals surface area contributed by atoms with Crippen LogP contribution in [0.5, 0.6) is 0 Å². The Bertz CT molecular complexity index is 581. The highest BCUT2D eigenvalue weighted by Crippen LogP contribution is 2.39. The largest absolute Gasteiger partial charge is 0.341 e. The lowest BCUT2D eigenvalue weighted by molar-refractivity contribution is 0.175. The summed E-state index contributed by atoms with van der Waals surface area (Å²) >= 11 is 3.20. The molecular formula is C14H17BrFN3. The van der Waals surface area contributed by atoms with E-state index in [2.05, 4.69) is 45.1 Å². The van der Waals surface area contributed by atoms with E-state index in [0.29, 0.717) is 4.47 Å². The van der Waals surface area contributed by atoms with E-state index in [4.69, 9.17) is 0 Å². The summed E-state index contributed by atoms with van der Waals surface area (Å²) in [5.41, 5.74) is 1.70. The van der Waals surface area contributed by atoms with Crippen molar-refractivity contribution in [3.8, 4) is 0 Å². The van der Waals surface area contributed by atoms with Crippen LogP contribution in [0.2, 0.25) is 0 Å². The van der Waals surface area contributed by atoms with Gasteiger partial charge in [0.25, 0.3) is 0 Å². The van der Waals surface area contributed by atoms with Crippen molar-refractivity contribution >= 4 is 27.0 Å². The van der Waals surface area contributed by atoms with Crippen molar-refractivity contribution in [3.63, 3.8) is 0 Å². The van der Waals surface area contributed by atoms with Gasteiger partial charge in [-0.15, -0.1) is 0 Å². The summed E-state index contributed by atoms with van der Waals surface area (Å²) in [6, 6.07) is 3.40. The van der Waals surface area contributed by atoms with E-state index in [1.54, 1.807) is 6.07 Å². The molecule has 1 unspecified atom stereocenters. The van der Waals surface area contributed by atoms with Crippen LogP contribution < -0.4 is 5.32 Å². The van der Waals surface area contributed by atoms with Gasteiger partial charge in [0, 0.05) is 6.07 Å². The average Bonchev–Trinajstić information content (AvgIpc) is 2.71. The molecule has 2 N–H and O–H groups in total. The first-order chi connectivity index (χ1) is 8.97. The topological polar surface area (TPSA) is 40.7 Å². The van der Waals surface area contributed by atoms with Gasteiger partial charge in [0.1, 0.15) is 11.6 Å². The third-order valence-electron chi connectivity index (χ3n) is 3.94. The molecule has 102 valence electrons.